The van der Waals surface area contributed by atoms with E-state index in [4.69, 9.17) is 0 Å². The minimum Gasteiger partial charge on any atom is -0.292 e. The number of tetrazole rings is 1. The SMILES string of the molecule is CCCc1cccc(CC)c1-n1cc(CCC)n(Cc2ccc(-c3ccncc3-c3nn[nH]n3)cc2)c1=O. The van der Waals surface area contributed by atoms with Crippen molar-refractivity contribution in [1.82, 2.24) is 34.7 Å². The zero-order valence-electron chi connectivity index (χ0n) is 22.2. The molecular formula is C30H33N7O. The number of aryl methyl sites for hydroxylation is 3. The summed E-state index contributed by atoms with van der Waals surface area (Å²) in [4.78, 5) is 18.1. The van der Waals surface area contributed by atoms with Gasteiger partial charge in [-0.1, -0.05) is 76.1 Å². The van der Waals surface area contributed by atoms with Gasteiger partial charge in [-0.2, -0.15) is 5.21 Å². The van der Waals surface area contributed by atoms with Crippen LogP contribution in [-0.4, -0.2) is 34.7 Å². The molecule has 2 aromatic carbocycles. The maximum Gasteiger partial charge on any atom is 0.333 e. The number of para-hydroxylation sites is 1. The predicted octanol–water partition coefficient (Wildman–Crippen LogP) is 5.40. The largest absolute Gasteiger partial charge is 0.333 e. The molecule has 0 amide bonds. The molecule has 0 aliphatic carbocycles. The molecule has 3 heterocycles. The van der Waals surface area contributed by atoms with E-state index in [9.17, 15) is 4.79 Å². The number of nitrogens with zero attached hydrogens (tertiary/aromatic N) is 6. The van der Waals surface area contributed by atoms with Gasteiger partial charge in [0, 0.05) is 29.8 Å². The highest BCUT2D eigenvalue weighted by Gasteiger charge is 2.18. The Morgan fingerprint density at radius 2 is 1.68 bits per heavy atom. The Morgan fingerprint density at radius 3 is 2.39 bits per heavy atom. The molecule has 5 rings (SSSR count). The van der Waals surface area contributed by atoms with Crippen LogP contribution in [0.1, 0.15) is 56.0 Å². The van der Waals surface area contributed by atoms with Gasteiger partial charge in [0.2, 0.25) is 5.82 Å². The third-order valence-corrected chi connectivity index (χ3v) is 6.93. The van der Waals surface area contributed by atoms with Crippen molar-refractivity contribution in [3.05, 3.63) is 100.0 Å². The van der Waals surface area contributed by atoms with Gasteiger partial charge in [-0.25, -0.2) is 4.79 Å². The fraction of sp³-hybridized carbons (Fsp3) is 0.300. The topological polar surface area (TPSA) is 94.3 Å². The third-order valence-electron chi connectivity index (χ3n) is 6.93. The van der Waals surface area contributed by atoms with Crippen LogP contribution in [-0.2, 0) is 25.8 Å². The molecule has 1 N–H and O–H groups in total. The van der Waals surface area contributed by atoms with Crippen LogP contribution < -0.4 is 5.69 Å². The first-order valence-electron chi connectivity index (χ1n) is 13.3. The van der Waals surface area contributed by atoms with Crippen LogP contribution in [0.25, 0.3) is 28.2 Å². The lowest BCUT2D eigenvalue weighted by molar-refractivity contribution is 0.690. The van der Waals surface area contributed by atoms with E-state index < -0.39 is 0 Å². The van der Waals surface area contributed by atoms with E-state index in [-0.39, 0.29) is 5.69 Å². The molecule has 0 spiro atoms. The van der Waals surface area contributed by atoms with Gasteiger partial charge in [0.1, 0.15) is 0 Å². The number of aromatic amines is 1. The van der Waals surface area contributed by atoms with E-state index in [0.29, 0.717) is 12.4 Å². The highest BCUT2D eigenvalue weighted by Crippen LogP contribution is 2.29. The highest BCUT2D eigenvalue weighted by molar-refractivity contribution is 5.79. The number of pyridine rings is 1. The summed E-state index contributed by atoms with van der Waals surface area (Å²) in [5.74, 6) is 0.504. The molecule has 0 aliphatic rings. The maximum atomic E-state index is 13.9. The van der Waals surface area contributed by atoms with E-state index in [0.717, 1.165) is 65.7 Å². The van der Waals surface area contributed by atoms with E-state index in [1.165, 1.54) is 11.1 Å². The zero-order chi connectivity index (χ0) is 26.5. The zero-order valence-corrected chi connectivity index (χ0v) is 22.2. The van der Waals surface area contributed by atoms with Gasteiger partial charge in [0.05, 0.1) is 12.2 Å². The summed E-state index contributed by atoms with van der Waals surface area (Å²) in [5, 5.41) is 14.4. The summed E-state index contributed by atoms with van der Waals surface area (Å²) >= 11 is 0. The number of benzene rings is 2. The first kappa shape index (κ1) is 25.3. The number of imidazole rings is 1. The van der Waals surface area contributed by atoms with Crippen LogP contribution in [0.4, 0.5) is 0 Å². The quantitative estimate of drug-likeness (QED) is 0.273. The highest BCUT2D eigenvalue weighted by atomic mass is 16.1. The normalized spacial score (nSPS) is 11.2. The monoisotopic (exact) mass is 507 g/mol. The Kier molecular flexibility index (Phi) is 7.58. The van der Waals surface area contributed by atoms with E-state index in [1.807, 2.05) is 15.2 Å². The standard InChI is InChI=1S/C30H33N7O/c1-4-8-24-11-7-10-22(6-3)28(24)37-20-25(9-5-2)36(30(37)38)19-21-12-14-23(15-13-21)26-16-17-31-18-27(26)29-32-34-35-33-29/h7,10-18,20H,4-6,8-9,19H2,1-3H3,(H,32,33,34,35). The molecule has 0 bridgehead atoms. The molecule has 0 saturated heterocycles. The minimum atomic E-state index is 0.0179. The first-order chi connectivity index (χ1) is 18.6. The molecule has 8 heteroatoms. The summed E-state index contributed by atoms with van der Waals surface area (Å²) < 4.78 is 3.81. The van der Waals surface area contributed by atoms with Crippen molar-refractivity contribution in [2.24, 2.45) is 0 Å². The fourth-order valence-corrected chi connectivity index (χ4v) is 5.09. The Bertz CT molecular complexity index is 1560. The van der Waals surface area contributed by atoms with Crippen molar-refractivity contribution in [1.29, 1.82) is 0 Å². The number of hydrogen-bond donors (Lipinski definition) is 1. The lowest BCUT2D eigenvalue weighted by Crippen LogP contribution is -2.26. The summed E-state index contributed by atoms with van der Waals surface area (Å²) in [7, 11) is 0. The van der Waals surface area contributed by atoms with Gasteiger partial charge in [0.25, 0.3) is 0 Å². The lowest BCUT2D eigenvalue weighted by atomic mass is 10.00. The fourth-order valence-electron chi connectivity index (χ4n) is 5.09. The molecule has 0 fully saturated rings. The average Bonchev–Trinajstić information content (AvgIpc) is 3.59. The molecule has 38 heavy (non-hydrogen) atoms. The molecule has 8 nitrogen and oxygen atoms in total. The Labute approximate surface area is 222 Å². The predicted molar refractivity (Wildman–Crippen MR) is 149 cm³/mol. The van der Waals surface area contributed by atoms with Crippen molar-refractivity contribution in [3.63, 3.8) is 0 Å². The van der Waals surface area contributed by atoms with Gasteiger partial charge < -0.3 is 0 Å². The first-order valence-corrected chi connectivity index (χ1v) is 13.3. The number of H-pyrrole nitrogens is 1. The Morgan fingerprint density at radius 1 is 0.895 bits per heavy atom. The van der Waals surface area contributed by atoms with E-state index >= 15 is 0 Å². The van der Waals surface area contributed by atoms with Crippen molar-refractivity contribution < 1.29 is 0 Å². The van der Waals surface area contributed by atoms with Gasteiger partial charge in [-0.05, 0) is 58.4 Å². The summed E-state index contributed by atoms with van der Waals surface area (Å²) in [6.45, 7) is 7.00. The third kappa shape index (κ3) is 4.94. The Balaban J connectivity index is 1.51. The summed E-state index contributed by atoms with van der Waals surface area (Å²) in [6.07, 6.45) is 10.3. The van der Waals surface area contributed by atoms with Crippen molar-refractivity contribution in [3.8, 4) is 28.2 Å². The lowest BCUT2D eigenvalue weighted by Gasteiger charge is -2.14. The molecule has 0 unspecified atom stereocenters. The average molecular weight is 508 g/mol. The van der Waals surface area contributed by atoms with Gasteiger partial charge >= 0.3 is 5.69 Å². The number of hydrogen-bond acceptors (Lipinski definition) is 5. The minimum absolute atomic E-state index is 0.0179. The molecule has 5 aromatic rings. The maximum absolute atomic E-state index is 13.9. The smallest absolute Gasteiger partial charge is 0.292 e. The van der Waals surface area contributed by atoms with Gasteiger partial charge in [-0.15, -0.1) is 10.2 Å². The second kappa shape index (κ2) is 11.4. The van der Waals surface area contributed by atoms with E-state index in [1.54, 1.807) is 12.4 Å². The number of aromatic nitrogens is 7. The molecule has 0 atom stereocenters. The number of rotatable bonds is 10. The molecule has 0 saturated carbocycles. The summed E-state index contributed by atoms with van der Waals surface area (Å²) in [6, 6.07) is 16.7. The van der Waals surface area contributed by atoms with Crippen molar-refractivity contribution >= 4 is 0 Å². The van der Waals surface area contributed by atoms with Crippen LogP contribution in [0.3, 0.4) is 0 Å². The van der Waals surface area contributed by atoms with Crippen molar-refractivity contribution in [2.45, 2.75) is 59.4 Å². The van der Waals surface area contributed by atoms with Crippen LogP contribution in [0.2, 0.25) is 0 Å². The second-order valence-corrected chi connectivity index (χ2v) is 9.49. The molecule has 3 aromatic heterocycles. The van der Waals surface area contributed by atoms with Crippen LogP contribution in [0, 0.1) is 0 Å². The molecular weight excluding hydrogens is 474 g/mol. The summed E-state index contributed by atoms with van der Waals surface area (Å²) in [5.41, 5.74) is 8.44. The van der Waals surface area contributed by atoms with Crippen LogP contribution >= 0.6 is 0 Å². The van der Waals surface area contributed by atoms with Crippen LogP contribution in [0.5, 0.6) is 0 Å². The molecule has 194 valence electrons. The Hall–Kier alpha value is -4.33. The number of nitrogens with one attached hydrogen (secondary N) is 1. The van der Waals surface area contributed by atoms with Gasteiger partial charge in [0.15, 0.2) is 0 Å². The van der Waals surface area contributed by atoms with Crippen LogP contribution in [0.15, 0.2) is 71.9 Å². The molecule has 0 aliphatic heterocycles. The van der Waals surface area contributed by atoms with Gasteiger partial charge in [-0.3, -0.25) is 14.1 Å². The second-order valence-electron chi connectivity index (χ2n) is 9.49. The molecule has 0 radical (unpaired) electrons. The van der Waals surface area contributed by atoms with Crippen molar-refractivity contribution in [2.75, 3.05) is 0 Å². The van der Waals surface area contributed by atoms with E-state index in [2.05, 4.69) is 95.0 Å².